The number of rotatable bonds is 0. The van der Waals surface area contributed by atoms with Gasteiger partial charge in [0.15, 0.2) is 0 Å². The fourth-order valence-corrected chi connectivity index (χ4v) is 7.52. The smallest absolute Gasteiger partial charge is 0.00470 e. The van der Waals surface area contributed by atoms with Crippen molar-refractivity contribution in [3.8, 4) is 0 Å². The van der Waals surface area contributed by atoms with Gasteiger partial charge >= 0.3 is 0 Å². The summed E-state index contributed by atoms with van der Waals surface area (Å²) in [5, 5.41) is 0. The van der Waals surface area contributed by atoms with E-state index >= 15 is 0 Å². The highest BCUT2D eigenvalue weighted by Crippen LogP contribution is 2.65. The predicted octanol–water partition coefficient (Wildman–Crippen LogP) is 3.68. The third-order valence-electron chi connectivity index (χ3n) is 8.46. The molecule has 21 heavy (non-hydrogen) atoms. The van der Waals surface area contributed by atoms with Gasteiger partial charge < -0.3 is 11.5 Å². The molecule has 4 saturated carbocycles. The van der Waals surface area contributed by atoms with Gasteiger partial charge in [0.25, 0.3) is 0 Å². The fraction of sp³-hybridized carbons (Fsp3) is 1.00. The van der Waals surface area contributed by atoms with E-state index in [1.165, 1.54) is 57.8 Å². The van der Waals surface area contributed by atoms with Crippen LogP contribution in [-0.2, 0) is 0 Å². The van der Waals surface area contributed by atoms with E-state index in [0.29, 0.717) is 22.9 Å². The molecule has 4 aliphatic rings. The van der Waals surface area contributed by atoms with E-state index in [-0.39, 0.29) is 0 Å². The molecule has 4 rings (SSSR count). The third-order valence-corrected chi connectivity index (χ3v) is 8.46. The van der Waals surface area contributed by atoms with Crippen molar-refractivity contribution >= 4 is 0 Å². The molecule has 0 radical (unpaired) electrons. The van der Waals surface area contributed by atoms with Crippen LogP contribution < -0.4 is 11.5 Å². The maximum atomic E-state index is 6.38. The molecule has 8 atom stereocenters. The molecule has 120 valence electrons. The predicted molar refractivity (Wildman–Crippen MR) is 87.7 cm³/mol. The largest absolute Gasteiger partial charge is 0.328 e. The van der Waals surface area contributed by atoms with E-state index in [4.69, 9.17) is 11.5 Å². The minimum atomic E-state index is 0.462. The molecule has 2 heteroatoms. The lowest BCUT2D eigenvalue weighted by atomic mass is 9.45. The molecule has 0 bridgehead atoms. The Morgan fingerprint density at radius 1 is 0.810 bits per heavy atom. The van der Waals surface area contributed by atoms with E-state index in [2.05, 4.69) is 13.8 Å². The standard InChI is InChI=1S/C19H34N2/c1-18-8-7-16-15(17(18)9-14(21)10-18)6-4-12-3-5-13(20)11-19(12,16)2/h12-17H,3-11,20-21H2,1-2H3/t12?,13-,14+,15-,16+,17+,18-,19+/m1/s1. The first-order valence-electron chi connectivity index (χ1n) is 9.43. The van der Waals surface area contributed by atoms with Gasteiger partial charge in [-0.1, -0.05) is 13.8 Å². The minimum Gasteiger partial charge on any atom is -0.328 e. The molecule has 0 heterocycles. The Balaban J connectivity index is 1.64. The van der Waals surface area contributed by atoms with Crippen LogP contribution in [-0.4, -0.2) is 12.1 Å². The number of fused-ring (bicyclic) bond motifs is 5. The van der Waals surface area contributed by atoms with Gasteiger partial charge in [-0.05, 0) is 92.3 Å². The van der Waals surface area contributed by atoms with E-state index in [9.17, 15) is 0 Å². The number of hydrogen-bond acceptors (Lipinski definition) is 2. The summed E-state index contributed by atoms with van der Waals surface area (Å²) in [5.41, 5.74) is 13.8. The maximum Gasteiger partial charge on any atom is 0.00470 e. The van der Waals surface area contributed by atoms with E-state index in [1.54, 1.807) is 0 Å². The van der Waals surface area contributed by atoms with Crippen LogP contribution in [0.2, 0.25) is 0 Å². The summed E-state index contributed by atoms with van der Waals surface area (Å²) >= 11 is 0. The van der Waals surface area contributed by atoms with Crippen molar-refractivity contribution in [2.45, 2.75) is 83.7 Å². The lowest BCUT2D eigenvalue weighted by Gasteiger charge is -2.60. The van der Waals surface area contributed by atoms with Gasteiger partial charge in [0.1, 0.15) is 0 Å². The first kappa shape index (κ1) is 14.5. The summed E-state index contributed by atoms with van der Waals surface area (Å²) in [6.07, 6.45) is 12.3. The summed E-state index contributed by atoms with van der Waals surface area (Å²) in [6, 6.07) is 0.932. The van der Waals surface area contributed by atoms with Crippen molar-refractivity contribution in [2.75, 3.05) is 0 Å². The first-order valence-corrected chi connectivity index (χ1v) is 9.43. The van der Waals surface area contributed by atoms with Crippen molar-refractivity contribution in [3.63, 3.8) is 0 Å². The second kappa shape index (κ2) is 4.71. The molecular formula is C19H34N2. The van der Waals surface area contributed by atoms with E-state index < -0.39 is 0 Å². The van der Waals surface area contributed by atoms with Gasteiger partial charge in [-0.15, -0.1) is 0 Å². The van der Waals surface area contributed by atoms with Crippen LogP contribution in [0.5, 0.6) is 0 Å². The van der Waals surface area contributed by atoms with Crippen LogP contribution in [0.4, 0.5) is 0 Å². The molecule has 2 nitrogen and oxygen atoms in total. The quantitative estimate of drug-likeness (QED) is 0.715. The highest BCUT2D eigenvalue weighted by atomic mass is 14.7. The van der Waals surface area contributed by atoms with Crippen molar-refractivity contribution in [3.05, 3.63) is 0 Å². The molecule has 0 saturated heterocycles. The van der Waals surface area contributed by atoms with Crippen molar-refractivity contribution in [1.29, 1.82) is 0 Å². The van der Waals surface area contributed by atoms with Gasteiger partial charge in [-0.3, -0.25) is 0 Å². The number of nitrogens with two attached hydrogens (primary N) is 2. The maximum absolute atomic E-state index is 6.38. The minimum absolute atomic E-state index is 0.462. The highest BCUT2D eigenvalue weighted by molar-refractivity contribution is 5.09. The zero-order valence-electron chi connectivity index (χ0n) is 14.0. The SMILES string of the molecule is C[C@]12CC[C@H]3[C@@H](CCC4CC[C@@H](N)C[C@@]43C)[C@@H]1C[C@H](N)C2. The van der Waals surface area contributed by atoms with Crippen LogP contribution >= 0.6 is 0 Å². The summed E-state index contributed by atoms with van der Waals surface area (Å²) in [6.45, 7) is 5.15. The summed E-state index contributed by atoms with van der Waals surface area (Å²) in [7, 11) is 0. The second-order valence-corrected chi connectivity index (χ2v) is 9.59. The van der Waals surface area contributed by atoms with Crippen LogP contribution in [0.25, 0.3) is 0 Å². The molecule has 0 aliphatic heterocycles. The molecule has 0 amide bonds. The molecule has 0 aromatic heterocycles. The molecular weight excluding hydrogens is 256 g/mol. The third kappa shape index (κ3) is 2.05. The molecule has 4 aliphatic carbocycles. The Labute approximate surface area is 130 Å². The average Bonchev–Trinajstić information content (AvgIpc) is 2.72. The molecule has 4 fully saturated rings. The summed E-state index contributed by atoms with van der Waals surface area (Å²) in [4.78, 5) is 0. The van der Waals surface area contributed by atoms with Crippen LogP contribution in [0.15, 0.2) is 0 Å². The van der Waals surface area contributed by atoms with Gasteiger partial charge in [0.2, 0.25) is 0 Å². The monoisotopic (exact) mass is 290 g/mol. The molecule has 0 spiro atoms. The number of hydrogen-bond donors (Lipinski definition) is 2. The van der Waals surface area contributed by atoms with Crippen molar-refractivity contribution in [2.24, 2.45) is 46.0 Å². The molecule has 4 N–H and O–H groups in total. The molecule has 0 aromatic carbocycles. The topological polar surface area (TPSA) is 52.0 Å². The van der Waals surface area contributed by atoms with Crippen LogP contribution in [0, 0.1) is 34.5 Å². The lowest BCUT2D eigenvalue weighted by Crippen LogP contribution is -2.54. The van der Waals surface area contributed by atoms with Gasteiger partial charge in [-0.25, -0.2) is 0 Å². The van der Waals surface area contributed by atoms with E-state index in [1.807, 2.05) is 0 Å². The normalized spacial score (nSPS) is 60.0. The fourth-order valence-electron chi connectivity index (χ4n) is 7.52. The van der Waals surface area contributed by atoms with Crippen molar-refractivity contribution in [1.82, 2.24) is 0 Å². The second-order valence-electron chi connectivity index (χ2n) is 9.59. The molecule has 0 aromatic rings. The zero-order chi connectivity index (χ0) is 14.8. The molecule has 1 unspecified atom stereocenters. The van der Waals surface area contributed by atoms with Gasteiger partial charge in [0.05, 0.1) is 0 Å². The Morgan fingerprint density at radius 3 is 2.38 bits per heavy atom. The Kier molecular flexibility index (Phi) is 3.25. The Bertz CT molecular complexity index is 422. The van der Waals surface area contributed by atoms with Crippen molar-refractivity contribution < 1.29 is 0 Å². The van der Waals surface area contributed by atoms with Gasteiger partial charge in [0, 0.05) is 12.1 Å². The first-order chi connectivity index (χ1) is 9.92. The highest BCUT2D eigenvalue weighted by Gasteiger charge is 2.58. The Morgan fingerprint density at radius 2 is 1.57 bits per heavy atom. The lowest BCUT2D eigenvalue weighted by molar-refractivity contribution is -0.106. The zero-order valence-corrected chi connectivity index (χ0v) is 14.0. The van der Waals surface area contributed by atoms with Crippen LogP contribution in [0.3, 0.4) is 0 Å². The summed E-state index contributed by atoms with van der Waals surface area (Å²) in [5.74, 6) is 3.75. The van der Waals surface area contributed by atoms with Gasteiger partial charge in [-0.2, -0.15) is 0 Å². The Hall–Kier alpha value is -0.0800. The van der Waals surface area contributed by atoms with Crippen LogP contribution in [0.1, 0.15) is 71.6 Å². The summed E-state index contributed by atoms with van der Waals surface area (Å²) < 4.78 is 0. The average molecular weight is 290 g/mol. The van der Waals surface area contributed by atoms with E-state index in [0.717, 1.165) is 23.7 Å².